The number of hydrogen-bond donors (Lipinski definition) is 1. The zero-order chi connectivity index (χ0) is 14.1. The molecule has 1 amide bonds. The van der Waals surface area contributed by atoms with Gasteiger partial charge in [-0.3, -0.25) is 14.7 Å². The fourth-order valence-corrected chi connectivity index (χ4v) is 3.15. The highest BCUT2D eigenvalue weighted by atomic mass is 35.5. The molecule has 2 fully saturated rings. The number of hydrogen-bond acceptors (Lipinski definition) is 4. The standard InChI is InChI=1S/C13H15Cl2N3O2/c14-11-1-16-2-12(15)10(11)5-18-3-8-6-20-7-9(4-18)17-13(8)19/h1-2,8-9H,3-7H2,(H,17,19)/t8-,9+/m1/s1. The van der Waals surface area contributed by atoms with Gasteiger partial charge in [-0.2, -0.15) is 0 Å². The molecule has 0 spiro atoms. The number of nitrogens with zero attached hydrogens (tertiary/aromatic N) is 2. The van der Waals surface area contributed by atoms with Gasteiger partial charge in [-0.05, 0) is 0 Å². The third-order valence-corrected chi connectivity index (χ3v) is 4.30. The quantitative estimate of drug-likeness (QED) is 0.894. The molecule has 0 aromatic carbocycles. The van der Waals surface area contributed by atoms with Crippen LogP contribution in [-0.2, 0) is 16.1 Å². The molecule has 2 atom stereocenters. The summed E-state index contributed by atoms with van der Waals surface area (Å²) in [5.41, 5.74) is 0.858. The second-order valence-corrected chi connectivity index (χ2v) is 6.03. The Kier molecular flexibility index (Phi) is 4.12. The number of rotatable bonds is 2. The number of fused-ring (bicyclic) bond motifs is 3. The van der Waals surface area contributed by atoms with E-state index in [4.69, 9.17) is 27.9 Å². The summed E-state index contributed by atoms with van der Waals surface area (Å²) in [5, 5.41) is 4.12. The average molecular weight is 316 g/mol. The molecule has 1 N–H and O–H groups in total. The van der Waals surface area contributed by atoms with Crippen LogP contribution in [0.25, 0.3) is 0 Å². The summed E-state index contributed by atoms with van der Waals surface area (Å²) in [6.45, 7) is 3.02. The summed E-state index contributed by atoms with van der Waals surface area (Å²) in [7, 11) is 0. The Morgan fingerprint density at radius 2 is 2.05 bits per heavy atom. The summed E-state index contributed by atoms with van der Waals surface area (Å²) in [5.74, 6) is -0.0659. The van der Waals surface area contributed by atoms with E-state index in [2.05, 4.69) is 15.2 Å². The van der Waals surface area contributed by atoms with Crippen molar-refractivity contribution in [2.45, 2.75) is 12.6 Å². The Bertz CT molecular complexity index is 506. The number of ether oxygens (including phenoxy) is 1. The summed E-state index contributed by atoms with van der Waals surface area (Å²) < 4.78 is 5.51. The molecule has 1 aromatic rings. The van der Waals surface area contributed by atoms with Crippen LogP contribution >= 0.6 is 23.2 Å². The molecule has 2 aliphatic rings. The molecule has 0 radical (unpaired) electrons. The van der Waals surface area contributed by atoms with E-state index in [1.165, 1.54) is 0 Å². The van der Waals surface area contributed by atoms with Gasteiger partial charge in [0, 0.05) is 37.6 Å². The SMILES string of the molecule is O=C1N[C@@H]2COC[C@H]1CN(Cc1c(Cl)cncc1Cl)C2. The molecular formula is C13H15Cl2N3O2. The fourth-order valence-electron chi connectivity index (χ4n) is 2.66. The van der Waals surface area contributed by atoms with Crippen LogP contribution in [0.2, 0.25) is 10.0 Å². The van der Waals surface area contributed by atoms with Gasteiger partial charge in [0.1, 0.15) is 0 Å². The first-order chi connectivity index (χ1) is 9.63. The van der Waals surface area contributed by atoms with Crippen molar-refractivity contribution in [1.29, 1.82) is 0 Å². The van der Waals surface area contributed by atoms with Gasteiger partial charge >= 0.3 is 0 Å². The van der Waals surface area contributed by atoms with Gasteiger partial charge < -0.3 is 10.1 Å². The van der Waals surface area contributed by atoms with Gasteiger partial charge in [-0.1, -0.05) is 23.2 Å². The third kappa shape index (κ3) is 2.91. The zero-order valence-corrected chi connectivity index (χ0v) is 12.3. The third-order valence-electron chi connectivity index (χ3n) is 3.65. The van der Waals surface area contributed by atoms with Crippen molar-refractivity contribution in [1.82, 2.24) is 15.2 Å². The highest BCUT2D eigenvalue weighted by Crippen LogP contribution is 2.26. The maximum absolute atomic E-state index is 11.9. The van der Waals surface area contributed by atoms with E-state index in [1.807, 2.05) is 0 Å². The van der Waals surface area contributed by atoms with Crippen molar-refractivity contribution < 1.29 is 9.53 Å². The van der Waals surface area contributed by atoms with Crippen LogP contribution in [0.5, 0.6) is 0 Å². The van der Waals surface area contributed by atoms with Gasteiger partial charge in [-0.15, -0.1) is 0 Å². The normalized spacial score (nSPS) is 27.0. The van der Waals surface area contributed by atoms with E-state index in [0.29, 0.717) is 36.3 Å². The van der Waals surface area contributed by atoms with E-state index >= 15 is 0 Å². The fraction of sp³-hybridized carbons (Fsp3) is 0.538. The Hall–Kier alpha value is -0.880. The molecule has 108 valence electrons. The first kappa shape index (κ1) is 14.1. The van der Waals surface area contributed by atoms with Crippen LogP contribution in [0, 0.1) is 5.92 Å². The molecule has 0 aliphatic carbocycles. The molecule has 0 saturated carbocycles. The largest absolute Gasteiger partial charge is 0.378 e. The molecule has 7 heteroatoms. The molecule has 2 saturated heterocycles. The number of amides is 1. The van der Waals surface area contributed by atoms with Crippen LogP contribution in [0.4, 0.5) is 0 Å². The monoisotopic (exact) mass is 315 g/mol. The Morgan fingerprint density at radius 3 is 2.80 bits per heavy atom. The molecule has 3 heterocycles. The second kappa shape index (κ2) is 5.85. The minimum Gasteiger partial charge on any atom is -0.378 e. The van der Waals surface area contributed by atoms with Crippen molar-refractivity contribution >= 4 is 29.1 Å². The molecular weight excluding hydrogens is 301 g/mol. The van der Waals surface area contributed by atoms with E-state index in [9.17, 15) is 4.79 Å². The predicted octanol–water partition coefficient (Wildman–Crippen LogP) is 1.34. The highest BCUT2D eigenvalue weighted by molar-refractivity contribution is 6.35. The van der Waals surface area contributed by atoms with Crippen molar-refractivity contribution in [2.24, 2.45) is 5.92 Å². The van der Waals surface area contributed by atoms with Gasteiger partial charge in [-0.25, -0.2) is 0 Å². The lowest BCUT2D eigenvalue weighted by molar-refractivity contribution is -0.125. The molecule has 5 nitrogen and oxygen atoms in total. The Balaban J connectivity index is 1.79. The number of carbonyl (C=O) groups is 1. The van der Waals surface area contributed by atoms with Crippen LogP contribution in [-0.4, -0.2) is 48.1 Å². The van der Waals surface area contributed by atoms with E-state index < -0.39 is 0 Å². The minimum absolute atomic E-state index is 0.0226. The highest BCUT2D eigenvalue weighted by Gasteiger charge is 2.33. The smallest absolute Gasteiger partial charge is 0.227 e. The van der Waals surface area contributed by atoms with Crippen molar-refractivity contribution in [2.75, 3.05) is 26.3 Å². The van der Waals surface area contributed by atoms with Crippen molar-refractivity contribution in [3.8, 4) is 0 Å². The molecule has 2 bridgehead atoms. The first-order valence-corrected chi connectivity index (χ1v) is 7.27. The van der Waals surface area contributed by atoms with Crippen LogP contribution in [0.3, 0.4) is 0 Å². The van der Waals surface area contributed by atoms with E-state index in [0.717, 1.165) is 12.1 Å². The first-order valence-electron chi connectivity index (χ1n) is 6.52. The number of nitrogens with one attached hydrogen (secondary N) is 1. The Labute approximate surface area is 127 Å². The van der Waals surface area contributed by atoms with Crippen LogP contribution < -0.4 is 5.32 Å². The maximum atomic E-state index is 11.9. The second-order valence-electron chi connectivity index (χ2n) is 5.22. The summed E-state index contributed by atoms with van der Waals surface area (Å²) in [6, 6.07) is 0.0226. The molecule has 3 rings (SSSR count). The van der Waals surface area contributed by atoms with E-state index in [1.54, 1.807) is 12.4 Å². The summed E-state index contributed by atoms with van der Waals surface area (Å²) in [6.07, 6.45) is 3.18. The van der Waals surface area contributed by atoms with Crippen molar-refractivity contribution in [3.05, 3.63) is 28.0 Å². The lowest BCUT2D eigenvalue weighted by Gasteiger charge is -2.27. The van der Waals surface area contributed by atoms with Gasteiger partial charge in [0.2, 0.25) is 5.91 Å². The topological polar surface area (TPSA) is 54.5 Å². The number of halogens is 2. The molecule has 20 heavy (non-hydrogen) atoms. The minimum atomic E-state index is -0.137. The van der Waals surface area contributed by atoms with Crippen molar-refractivity contribution in [3.63, 3.8) is 0 Å². The number of pyridine rings is 1. The predicted molar refractivity (Wildman–Crippen MR) is 75.8 cm³/mol. The Morgan fingerprint density at radius 1 is 1.30 bits per heavy atom. The van der Waals surface area contributed by atoms with Crippen LogP contribution in [0.1, 0.15) is 5.56 Å². The van der Waals surface area contributed by atoms with Gasteiger partial charge in [0.25, 0.3) is 0 Å². The molecule has 1 aromatic heterocycles. The lowest BCUT2D eigenvalue weighted by Crippen LogP contribution is -2.41. The number of carbonyl (C=O) groups excluding carboxylic acids is 1. The molecule has 0 unspecified atom stereocenters. The summed E-state index contributed by atoms with van der Waals surface area (Å²) in [4.78, 5) is 18.1. The lowest BCUT2D eigenvalue weighted by atomic mass is 10.1. The van der Waals surface area contributed by atoms with Gasteiger partial charge in [0.15, 0.2) is 0 Å². The molecule has 2 aliphatic heterocycles. The van der Waals surface area contributed by atoms with Gasteiger partial charge in [0.05, 0.1) is 35.2 Å². The zero-order valence-electron chi connectivity index (χ0n) is 10.8. The van der Waals surface area contributed by atoms with E-state index in [-0.39, 0.29) is 17.9 Å². The average Bonchev–Trinajstić information content (AvgIpc) is 2.63. The van der Waals surface area contributed by atoms with Crippen LogP contribution in [0.15, 0.2) is 12.4 Å². The number of aromatic nitrogens is 1. The summed E-state index contributed by atoms with van der Waals surface area (Å²) >= 11 is 12.3. The maximum Gasteiger partial charge on any atom is 0.227 e.